The predicted molar refractivity (Wildman–Crippen MR) is 304 cm³/mol. The Hall–Kier alpha value is -7.89. The van der Waals surface area contributed by atoms with Gasteiger partial charge in [-0.3, -0.25) is 4.57 Å². The number of hydrogen-bond acceptors (Lipinski definition) is 4. The molecule has 10 aromatic rings. The van der Waals surface area contributed by atoms with Gasteiger partial charge in [-0.05, 0) is 122 Å². The smallest absolute Gasteiger partial charge is 0.137 e. The third-order valence-corrected chi connectivity index (χ3v) is 13.8. The number of nitrogens with zero attached hydrogens (tertiary/aromatic N) is 4. The minimum absolute atomic E-state index is 0.0414. The Kier molecular flexibility index (Phi) is 9.57. The number of rotatable bonds is 8. The highest BCUT2D eigenvalue weighted by atomic mass is 16.5. The molecule has 72 heavy (non-hydrogen) atoms. The Labute approximate surface area is 435 Å². The van der Waals surface area contributed by atoms with E-state index < -0.39 is 17.7 Å². The van der Waals surface area contributed by atoms with Crippen molar-refractivity contribution in [2.24, 2.45) is 0 Å². The van der Waals surface area contributed by atoms with Gasteiger partial charge in [0.15, 0.2) is 0 Å². The second kappa shape index (κ2) is 17.8. The first-order valence-electron chi connectivity index (χ1n) is 28.3. The molecule has 358 valence electrons. The van der Waals surface area contributed by atoms with E-state index in [9.17, 15) is 5.48 Å². The third kappa shape index (κ3) is 8.61. The highest BCUT2D eigenvalue weighted by molar-refractivity contribution is 6.09. The third-order valence-electron chi connectivity index (χ3n) is 13.8. The number of benzene rings is 8. The lowest BCUT2D eigenvalue weighted by Gasteiger charge is -2.29. The molecule has 1 aliphatic heterocycles. The van der Waals surface area contributed by atoms with Crippen LogP contribution in [0.2, 0.25) is 0 Å². The van der Waals surface area contributed by atoms with Gasteiger partial charge in [-0.25, -0.2) is 4.98 Å². The number of ether oxygens (including phenoxy) is 1. The van der Waals surface area contributed by atoms with Gasteiger partial charge in [-0.15, -0.1) is 0 Å². The highest BCUT2D eigenvalue weighted by Crippen LogP contribution is 2.51. The lowest BCUT2D eigenvalue weighted by atomic mass is 9.78. The zero-order chi connectivity index (χ0) is 56.1. The Morgan fingerprint density at radius 1 is 0.500 bits per heavy atom. The Balaban J connectivity index is 1.06. The van der Waals surface area contributed by atoms with Crippen molar-refractivity contribution in [3.05, 3.63) is 216 Å². The minimum atomic E-state index is -2.41. The normalized spacial score (nSPS) is 14.6. The van der Waals surface area contributed by atoms with Crippen LogP contribution in [0.15, 0.2) is 194 Å². The zero-order valence-electron chi connectivity index (χ0n) is 49.6. The van der Waals surface area contributed by atoms with E-state index in [1.165, 1.54) is 5.56 Å². The molecule has 1 aliphatic rings. The van der Waals surface area contributed by atoms with Gasteiger partial charge >= 0.3 is 0 Å². The Morgan fingerprint density at radius 3 is 1.83 bits per heavy atom. The largest absolute Gasteiger partial charge is 0.457 e. The molecule has 5 heteroatoms. The zero-order valence-corrected chi connectivity index (χ0v) is 42.6. The number of anilines is 4. The second-order valence-electron chi connectivity index (χ2n) is 22.0. The van der Waals surface area contributed by atoms with Crippen molar-refractivity contribution in [1.29, 1.82) is 0 Å². The highest BCUT2D eigenvalue weighted by Gasteiger charge is 2.32. The maximum Gasteiger partial charge on any atom is 0.137 e. The molecule has 0 N–H and O–H groups in total. The first kappa shape index (κ1) is 38.8. The Bertz CT molecular complexity index is 3980. The summed E-state index contributed by atoms with van der Waals surface area (Å²) in [6.07, 6.45) is 1.88. The number of aromatic nitrogens is 2. The summed E-state index contributed by atoms with van der Waals surface area (Å²) in [6.45, 7) is 17.1. The van der Waals surface area contributed by atoms with E-state index in [2.05, 4.69) is 143 Å². The van der Waals surface area contributed by atoms with E-state index in [-0.39, 0.29) is 41.8 Å². The summed E-state index contributed by atoms with van der Waals surface area (Å²) in [6, 6.07) is 53.5. The molecule has 0 saturated carbocycles. The molecule has 11 rings (SSSR count). The monoisotopic (exact) mass is 948 g/mol. The number of fused-ring (bicyclic) bond motifs is 4. The van der Waals surface area contributed by atoms with E-state index >= 15 is 0 Å². The summed E-state index contributed by atoms with van der Waals surface area (Å²) in [7, 11) is 0. The molecular weight excluding hydrogens is 877 g/mol. The second-order valence-corrected chi connectivity index (χ2v) is 22.0. The van der Waals surface area contributed by atoms with Crippen LogP contribution in [0.4, 0.5) is 22.7 Å². The molecule has 0 atom stereocenters. The topological polar surface area (TPSA) is 33.5 Å². The van der Waals surface area contributed by atoms with Crippen LogP contribution in [-0.2, 0) is 16.2 Å². The van der Waals surface area contributed by atoms with Crippen molar-refractivity contribution >= 4 is 44.6 Å². The van der Waals surface area contributed by atoms with E-state index in [0.717, 1.165) is 55.8 Å². The molecule has 8 aromatic carbocycles. The summed E-state index contributed by atoms with van der Waals surface area (Å²) in [5.74, 6) is 2.13. The fraction of sp³-hybridized carbons (Fsp3) is 0.209. The molecule has 3 heterocycles. The number of para-hydroxylation sites is 4. The molecule has 2 aromatic heterocycles. The molecule has 0 radical (unpaired) electrons. The average Bonchev–Trinajstić information content (AvgIpc) is 4.17. The van der Waals surface area contributed by atoms with E-state index in [0.29, 0.717) is 50.6 Å². The fourth-order valence-electron chi connectivity index (χ4n) is 9.87. The van der Waals surface area contributed by atoms with Gasteiger partial charge in [0.25, 0.3) is 0 Å². The molecule has 0 fully saturated rings. The lowest BCUT2D eigenvalue weighted by molar-refractivity contribution is 0.483. The van der Waals surface area contributed by atoms with E-state index in [4.69, 9.17) is 13.8 Å². The van der Waals surface area contributed by atoms with Crippen molar-refractivity contribution in [3.63, 3.8) is 0 Å². The molecule has 0 spiro atoms. The van der Waals surface area contributed by atoms with Crippen LogP contribution in [-0.4, -0.2) is 16.2 Å². The predicted octanol–water partition coefficient (Wildman–Crippen LogP) is 18.4. The van der Waals surface area contributed by atoms with Gasteiger partial charge in [0.05, 0.1) is 33.6 Å². The van der Waals surface area contributed by atoms with Gasteiger partial charge in [0.2, 0.25) is 0 Å². The van der Waals surface area contributed by atoms with Gasteiger partial charge in [0, 0.05) is 50.0 Å². The molecule has 0 amide bonds. The maximum atomic E-state index is 10.0. The van der Waals surface area contributed by atoms with Crippen LogP contribution in [0.25, 0.3) is 61.0 Å². The van der Waals surface area contributed by atoms with E-state index in [1.54, 1.807) is 36.4 Å². The summed E-state index contributed by atoms with van der Waals surface area (Å²) in [4.78, 5) is 9.28. The van der Waals surface area contributed by atoms with Crippen molar-refractivity contribution < 1.29 is 14.3 Å². The van der Waals surface area contributed by atoms with Crippen LogP contribution in [0, 0.1) is 6.85 Å². The summed E-state index contributed by atoms with van der Waals surface area (Å²) < 4.78 is 73.4. The van der Waals surface area contributed by atoms with Crippen molar-refractivity contribution in [2.75, 3.05) is 16.5 Å². The SMILES string of the molecule is [2H]c1cc(-c2ccccc2C([2H])([2H])[2H])cc([2H])c1-c1cccc(-c2c([2H])c(C(C)(C)C)cc(C(C)(C)C)c2[2H])c1N1CN(c2cccc(Oc3ccc4c5ccccc5n(-c5cc(C(C)(C)C)ccn5)c4c3)c2)c2ccccc21. The fourth-order valence-corrected chi connectivity index (χ4v) is 9.87. The minimum Gasteiger partial charge on any atom is -0.457 e. The number of hydrogen-bond donors (Lipinski definition) is 0. The summed E-state index contributed by atoms with van der Waals surface area (Å²) >= 11 is 0. The molecule has 0 bridgehead atoms. The van der Waals surface area contributed by atoms with Crippen molar-refractivity contribution in [2.45, 2.75) is 85.4 Å². The van der Waals surface area contributed by atoms with Crippen LogP contribution < -0.4 is 14.5 Å². The van der Waals surface area contributed by atoms with Crippen molar-refractivity contribution in [1.82, 2.24) is 9.55 Å². The standard InChI is InChI=1S/C67H64N4O/c1-44-19-11-12-22-54(44)45-29-31-46(32-30-45)55-24-18-25-56(47-37-49(66(5,6)7)39-50(38-47)67(8,9)10)64(55)70-43-69(60-27-15-16-28-61(60)70)51-20-17-21-52(41-51)72-53-33-34-58-57-23-13-14-26-59(57)71(62(58)42-53)63-40-48(35-36-68-63)65(2,3)4/h11-42H,43H2,1-10H3/i1D3,31D,32D,37D,38D. The first-order valence-corrected chi connectivity index (χ1v) is 24.8. The maximum absolute atomic E-state index is 10.0. The number of pyridine rings is 1. The van der Waals surface area contributed by atoms with E-state index in [1.807, 2.05) is 66.9 Å². The quantitative estimate of drug-likeness (QED) is 0.152. The van der Waals surface area contributed by atoms with Crippen LogP contribution in [0.5, 0.6) is 11.5 Å². The Morgan fingerprint density at radius 2 is 1.11 bits per heavy atom. The lowest BCUT2D eigenvalue weighted by Crippen LogP contribution is -2.25. The first-order chi connectivity index (χ1) is 37.4. The summed E-state index contributed by atoms with van der Waals surface area (Å²) in [5, 5.41) is 2.21. The van der Waals surface area contributed by atoms with Gasteiger partial charge in [0.1, 0.15) is 24.0 Å². The molecule has 5 nitrogen and oxygen atoms in total. The van der Waals surface area contributed by atoms with Crippen LogP contribution in [0.3, 0.4) is 0 Å². The van der Waals surface area contributed by atoms with Crippen LogP contribution in [0.1, 0.15) is 94.2 Å². The molecule has 0 saturated heterocycles. The van der Waals surface area contributed by atoms with Gasteiger partial charge in [-0.2, -0.15) is 0 Å². The molecule has 0 unspecified atom stereocenters. The summed E-state index contributed by atoms with van der Waals surface area (Å²) in [5.41, 5.74) is 10.2. The molecular formula is C67H64N4O. The molecule has 0 aliphatic carbocycles. The number of aryl methyl sites for hydroxylation is 1. The van der Waals surface area contributed by atoms with Gasteiger partial charge < -0.3 is 14.5 Å². The van der Waals surface area contributed by atoms with Crippen molar-refractivity contribution in [3.8, 4) is 50.7 Å². The van der Waals surface area contributed by atoms with Gasteiger partial charge in [-0.1, -0.05) is 184 Å². The average molecular weight is 948 g/mol. The van der Waals surface area contributed by atoms with Crippen LogP contribution >= 0.6 is 0 Å².